The molecule has 5 N–H and O–H groups in total. The van der Waals surface area contributed by atoms with Crippen LogP contribution in [0.4, 0.5) is 0 Å². The van der Waals surface area contributed by atoms with Crippen LogP contribution in [-0.2, 0) is 0 Å². The van der Waals surface area contributed by atoms with E-state index in [0.29, 0.717) is 0 Å². The van der Waals surface area contributed by atoms with E-state index in [4.69, 9.17) is 17.0 Å². The molecule has 0 aromatic heterocycles. The molecule has 68 valence electrons. The van der Waals surface area contributed by atoms with E-state index in [9.17, 15) is 0 Å². The standard InChI is InChI=1S/C8H11N5/c9-8(10)13(11)12-6-7-4-2-1-3-5-7/h1-6H,11H2,(H3,9,10). The number of hydrazine groups is 1. The van der Waals surface area contributed by atoms with Crippen LogP contribution < -0.4 is 11.6 Å². The fraction of sp³-hybridized carbons (Fsp3) is 0. The molecule has 0 saturated carbocycles. The minimum absolute atomic E-state index is 0.299. The van der Waals surface area contributed by atoms with Gasteiger partial charge in [-0.1, -0.05) is 30.3 Å². The SMILES string of the molecule is N=C(N)N(N)N=Cc1ccccc1. The van der Waals surface area contributed by atoms with Gasteiger partial charge in [-0.05, 0) is 5.56 Å². The van der Waals surface area contributed by atoms with Crippen molar-refractivity contribution < 1.29 is 0 Å². The van der Waals surface area contributed by atoms with Crippen molar-refractivity contribution in [3.8, 4) is 0 Å². The lowest BCUT2D eigenvalue weighted by Gasteiger charge is -2.07. The van der Waals surface area contributed by atoms with Gasteiger partial charge in [-0.2, -0.15) is 10.2 Å². The van der Waals surface area contributed by atoms with Crippen LogP contribution in [0.15, 0.2) is 35.4 Å². The van der Waals surface area contributed by atoms with Gasteiger partial charge >= 0.3 is 0 Å². The molecule has 0 amide bonds. The van der Waals surface area contributed by atoms with Crippen LogP contribution in [0.3, 0.4) is 0 Å². The minimum atomic E-state index is -0.299. The molecule has 0 spiro atoms. The predicted octanol–water partition coefficient (Wildman–Crippen LogP) is 0.0897. The molecule has 0 aliphatic carbocycles. The predicted molar refractivity (Wildman–Crippen MR) is 52.0 cm³/mol. The summed E-state index contributed by atoms with van der Waals surface area (Å²) in [5, 5.41) is 11.5. The van der Waals surface area contributed by atoms with Crippen molar-refractivity contribution in [3.63, 3.8) is 0 Å². The Morgan fingerprint density at radius 1 is 1.38 bits per heavy atom. The maximum Gasteiger partial charge on any atom is 0.224 e. The van der Waals surface area contributed by atoms with Crippen molar-refractivity contribution in [2.75, 3.05) is 0 Å². The first-order valence-electron chi connectivity index (χ1n) is 3.68. The summed E-state index contributed by atoms with van der Waals surface area (Å²) in [5.41, 5.74) is 5.97. The molecule has 0 atom stereocenters. The number of hydrogen-bond donors (Lipinski definition) is 3. The maximum atomic E-state index is 6.93. The molecule has 1 aromatic carbocycles. The van der Waals surface area contributed by atoms with Gasteiger partial charge in [0.25, 0.3) is 0 Å². The van der Waals surface area contributed by atoms with E-state index >= 15 is 0 Å². The quantitative estimate of drug-likeness (QED) is 0.259. The molecule has 0 unspecified atom stereocenters. The number of nitrogens with one attached hydrogen (secondary N) is 1. The molecule has 1 rings (SSSR count). The Balaban J connectivity index is 2.64. The number of hydrogen-bond acceptors (Lipinski definition) is 3. The molecule has 13 heavy (non-hydrogen) atoms. The molecule has 0 radical (unpaired) electrons. The third-order valence-corrected chi connectivity index (χ3v) is 1.38. The summed E-state index contributed by atoms with van der Waals surface area (Å²) in [7, 11) is 0. The van der Waals surface area contributed by atoms with Gasteiger partial charge in [0.05, 0.1) is 6.21 Å². The van der Waals surface area contributed by atoms with Crippen LogP contribution in [0.1, 0.15) is 5.56 Å². The number of nitrogens with zero attached hydrogens (tertiary/aromatic N) is 2. The van der Waals surface area contributed by atoms with Gasteiger partial charge < -0.3 is 5.73 Å². The monoisotopic (exact) mass is 177 g/mol. The second kappa shape index (κ2) is 4.22. The first-order chi connectivity index (χ1) is 6.20. The average Bonchev–Trinajstić information content (AvgIpc) is 2.15. The van der Waals surface area contributed by atoms with E-state index < -0.39 is 0 Å². The molecular formula is C8H11N5. The smallest absolute Gasteiger partial charge is 0.224 e. The van der Waals surface area contributed by atoms with Gasteiger partial charge in [0, 0.05) is 0 Å². The molecule has 5 heteroatoms. The van der Waals surface area contributed by atoms with E-state index in [2.05, 4.69) is 5.10 Å². The highest BCUT2D eigenvalue weighted by Crippen LogP contribution is 1.93. The summed E-state index contributed by atoms with van der Waals surface area (Å²) < 4.78 is 0. The molecule has 0 aliphatic rings. The third kappa shape index (κ3) is 2.92. The van der Waals surface area contributed by atoms with Crippen LogP contribution >= 0.6 is 0 Å². The van der Waals surface area contributed by atoms with Gasteiger partial charge in [0.15, 0.2) is 0 Å². The van der Waals surface area contributed by atoms with Crippen molar-refractivity contribution in [3.05, 3.63) is 35.9 Å². The highest BCUT2D eigenvalue weighted by Gasteiger charge is 1.93. The lowest BCUT2D eigenvalue weighted by atomic mass is 10.2. The topological polar surface area (TPSA) is 91.5 Å². The van der Waals surface area contributed by atoms with Crippen LogP contribution in [-0.4, -0.2) is 17.3 Å². The first-order valence-corrected chi connectivity index (χ1v) is 3.68. The summed E-state index contributed by atoms with van der Waals surface area (Å²) in [4.78, 5) is 0. The summed E-state index contributed by atoms with van der Waals surface area (Å²) in [6.07, 6.45) is 1.53. The Labute approximate surface area is 76.1 Å². The van der Waals surface area contributed by atoms with Gasteiger partial charge in [-0.3, -0.25) is 5.41 Å². The van der Waals surface area contributed by atoms with Crippen LogP contribution in [0, 0.1) is 5.41 Å². The Morgan fingerprint density at radius 2 is 2.00 bits per heavy atom. The Bertz CT molecular complexity index is 306. The highest BCUT2D eigenvalue weighted by molar-refractivity contribution is 5.81. The zero-order valence-corrected chi connectivity index (χ0v) is 7.01. The second-order valence-electron chi connectivity index (χ2n) is 2.39. The van der Waals surface area contributed by atoms with Gasteiger partial charge in [-0.25, -0.2) is 5.84 Å². The molecular weight excluding hydrogens is 166 g/mol. The fourth-order valence-electron chi connectivity index (χ4n) is 0.730. The maximum absolute atomic E-state index is 6.93. The molecule has 0 fully saturated rings. The van der Waals surface area contributed by atoms with E-state index in [1.165, 1.54) is 6.21 Å². The highest BCUT2D eigenvalue weighted by atomic mass is 15.7. The summed E-state index contributed by atoms with van der Waals surface area (Å²) >= 11 is 0. The number of benzene rings is 1. The molecule has 1 aromatic rings. The van der Waals surface area contributed by atoms with Crippen molar-refractivity contribution in [2.45, 2.75) is 0 Å². The Hall–Kier alpha value is -1.88. The summed E-state index contributed by atoms with van der Waals surface area (Å²) in [6, 6.07) is 9.42. The van der Waals surface area contributed by atoms with Crippen molar-refractivity contribution in [1.82, 2.24) is 5.12 Å². The van der Waals surface area contributed by atoms with Crippen molar-refractivity contribution in [1.29, 1.82) is 5.41 Å². The second-order valence-corrected chi connectivity index (χ2v) is 2.39. The Morgan fingerprint density at radius 3 is 2.54 bits per heavy atom. The number of hydrazone groups is 1. The number of guanidine groups is 1. The van der Waals surface area contributed by atoms with E-state index in [1.807, 2.05) is 30.3 Å². The van der Waals surface area contributed by atoms with E-state index in [-0.39, 0.29) is 5.96 Å². The van der Waals surface area contributed by atoms with Crippen LogP contribution in [0.5, 0.6) is 0 Å². The Kier molecular flexibility index (Phi) is 2.99. The van der Waals surface area contributed by atoms with Crippen molar-refractivity contribution >= 4 is 12.2 Å². The lowest BCUT2D eigenvalue weighted by Crippen LogP contribution is -2.37. The summed E-state index contributed by atoms with van der Waals surface area (Å²) in [5.74, 6) is 4.95. The van der Waals surface area contributed by atoms with Crippen molar-refractivity contribution in [2.24, 2.45) is 16.7 Å². The lowest BCUT2D eigenvalue weighted by molar-refractivity contribution is 0.464. The summed E-state index contributed by atoms with van der Waals surface area (Å²) in [6.45, 7) is 0. The molecule has 5 nitrogen and oxygen atoms in total. The van der Waals surface area contributed by atoms with E-state index in [0.717, 1.165) is 10.7 Å². The zero-order chi connectivity index (χ0) is 9.68. The van der Waals surface area contributed by atoms with Crippen LogP contribution in [0.2, 0.25) is 0 Å². The third-order valence-electron chi connectivity index (χ3n) is 1.38. The zero-order valence-electron chi connectivity index (χ0n) is 7.01. The molecule has 0 aliphatic heterocycles. The molecule has 0 bridgehead atoms. The minimum Gasteiger partial charge on any atom is -0.367 e. The van der Waals surface area contributed by atoms with Gasteiger partial charge in [0.1, 0.15) is 0 Å². The van der Waals surface area contributed by atoms with E-state index in [1.54, 1.807) is 0 Å². The van der Waals surface area contributed by atoms with Crippen LogP contribution in [0.25, 0.3) is 0 Å². The number of nitrogens with two attached hydrogens (primary N) is 2. The average molecular weight is 177 g/mol. The van der Waals surface area contributed by atoms with Gasteiger partial charge in [0.2, 0.25) is 5.96 Å². The fourth-order valence-corrected chi connectivity index (χ4v) is 0.730. The molecule has 0 heterocycles. The number of rotatable bonds is 2. The van der Waals surface area contributed by atoms with Gasteiger partial charge in [-0.15, -0.1) is 0 Å². The largest absolute Gasteiger partial charge is 0.367 e. The molecule has 0 saturated heterocycles. The normalized spacial score (nSPS) is 10.2. The first kappa shape index (κ1) is 9.21.